The molecule has 1 atom stereocenters. The zero-order chi connectivity index (χ0) is 23.7. The molecule has 0 aromatic heterocycles. The number of ether oxygens (including phenoxy) is 2. The number of hydrogen-bond donors (Lipinski definition) is 1. The van der Waals surface area contributed by atoms with Crippen molar-refractivity contribution in [2.45, 2.75) is 5.92 Å². The Labute approximate surface area is 197 Å². The van der Waals surface area contributed by atoms with Crippen molar-refractivity contribution in [3.63, 3.8) is 0 Å². The summed E-state index contributed by atoms with van der Waals surface area (Å²) in [5.74, 6) is -1.12. The zero-order valence-corrected chi connectivity index (χ0v) is 18.1. The Kier molecular flexibility index (Phi) is 5.92. The highest BCUT2D eigenvalue weighted by Crippen LogP contribution is 2.45. The molecule has 1 aliphatic rings. The van der Waals surface area contributed by atoms with E-state index in [1.54, 1.807) is 24.3 Å². The largest absolute Gasteiger partial charge is 0.440 e. The Bertz CT molecular complexity index is 1380. The van der Waals surface area contributed by atoms with Gasteiger partial charge in [-0.1, -0.05) is 41.4 Å². The van der Waals surface area contributed by atoms with Gasteiger partial charge in [-0.2, -0.15) is 5.26 Å². The summed E-state index contributed by atoms with van der Waals surface area (Å²) >= 11 is 12.4. The molecule has 1 aliphatic heterocycles. The van der Waals surface area contributed by atoms with Crippen molar-refractivity contribution in [3.8, 4) is 17.6 Å². The first kappa shape index (κ1) is 22.1. The van der Waals surface area contributed by atoms with E-state index in [-0.39, 0.29) is 34.2 Å². The van der Waals surface area contributed by atoms with Crippen LogP contribution in [0, 0.1) is 21.4 Å². The molecule has 2 N–H and O–H groups in total. The average Bonchev–Trinajstić information content (AvgIpc) is 2.78. The molecular weight excluding hydrogens is 469 g/mol. The summed E-state index contributed by atoms with van der Waals surface area (Å²) in [6.45, 7) is 0. The van der Waals surface area contributed by atoms with E-state index in [1.165, 1.54) is 30.3 Å². The van der Waals surface area contributed by atoms with Gasteiger partial charge < -0.3 is 15.2 Å². The van der Waals surface area contributed by atoms with E-state index in [0.29, 0.717) is 21.2 Å². The quantitative estimate of drug-likeness (QED) is 0.230. The fourth-order valence-corrected chi connectivity index (χ4v) is 3.98. The highest BCUT2D eigenvalue weighted by Gasteiger charge is 2.32. The molecule has 3 aromatic carbocycles. The summed E-state index contributed by atoms with van der Waals surface area (Å²) in [7, 11) is 0. The molecule has 0 spiro atoms. The number of nitrogens with zero attached hydrogens (tertiary/aromatic N) is 2. The van der Waals surface area contributed by atoms with Crippen LogP contribution in [-0.4, -0.2) is 10.9 Å². The van der Waals surface area contributed by atoms with E-state index in [2.05, 4.69) is 6.07 Å². The van der Waals surface area contributed by atoms with Crippen LogP contribution in [-0.2, 0) is 0 Å². The van der Waals surface area contributed by atoms with Crippen molar-refractivity contribution in [1.82, 2.24) is 0 Å². The fraction of sp³-hybridized carbons (Fsp3) is 0.0435. The predicted molar refractivity (Wildman–Crippen MR) is 120 cm³/mol. The summed E-state index contributed by atoms with van der Waals surface area (Å²) in [4.78, 5) is 22.8. The molecule has 0 saturated heterocycles. The van der Waals surface area contributed by atoms with Gasteiger partial charge in [0.15, 0.2) is 0 Å². The van der Waals surface area contributed by atoms with Crippen LogP contribution >= 0.6 is 23.2 Å². The number of carbonyl (C=O) groups excluding carboxylic acids is 1. The fourth-order valence-electron chi connectivity index (χ4n) is 3.47. The molecule has 33 heavy (non-hydrogen) atoms. The second-order valence-corrected chi connectivity index (χ2v) is 7.83. The maximum absolute atomic E-state index is 12.5. The number of fused-ring (bicyclic) bond motifs is 1. The van der Waals surface area contributed by atoms with E-state index in [9.17, 15) is 20.2 Å². The van der Waals surface area contributed by atoms with Crippen molar-refractivity contribution in [1.29, 1.82) is 5.26 Å². The van der Waals surface area contributed by atoms with Gasteiger partial charge in [-0.05, 0) is 29.8 Å². The molecule has 0 saturated carbocycles. The summed E-state index contributed by atoms with van der Waals surface area (Å²) < 4.78 is 11.0. The Morgan fingerprint density at radius 1 is 1.12 bits per heavy atom. The van der Waals surface area contributed by atoms with Crippen LogP contribution in [0.1, 0.15) is 27.4 Å². The number of rotatable bonds is 4. The lowest BCUT2D eigenvalue weighted by Gasteiger charge is -2.27. The van der Waals surface area contributed by atoms with E-state index < -0.39 is 16.8 Å². The molecule has 4 rings (SSSR count). The number of hydrogen-bond acceptors (Lipinski definition) is 7. The maximum Gasteiger partial charge on any atom is 0.343 e. The first-order valence-electron chi connectivity index (χ1n) is 9.41. The van der Waals surface area contributed by atoms with Crippen LogP contribution in [0.3, 0.4) is 0 Å². The normalized spacial score (nSPS) is 14.6. The number of halogens is 2. The van der Waals surface area contributed by atoms with Crippen LogP contribution in [0.2, 0.25) is 10.0 Å². The molecule has 1 unspecified atom stereocenters. The predicted octanol–water partition coefficient (Wildman–Crippen LogP) is 5.34. The van der Waals surface area contributed by atoms with Gasteiger partial charge in [0.25, 0.3) is 5.69 Å². The Hall–Kier alpha value is -4.06. The van der Waals surface area contributed by atoms with Crippen LogP contribution in [0.4, 0.5) is 5.69 Å². The van der Waals surface area contributed by atoms with E-state index in [1.807, 2.05) is 0 Å². The van der Waals surface area contributed by atoms with Crippen LogP contribution in [0.15, 0.2) is 72.1 Å². The van der Waals surface area contributed by atoms with Gasteiger partial charge in [0.1, 0.15) is 23.1 Å². The lowest BCUT2D eigenvalue weighted by Crippen LogP contribution is -2.21. The minimum atomic E-state index is -0.784. The Morgan fingerprint density at radius 3 is 2.58 bits per heavy atom. The lowest BCUT2D eigenvalue weighted by atomic mass is 9.83. The van der Waals surface area contributed by atoms with Gasteiger partial charge in [0.2, 0.25) is 5.88 Å². The molecule has 1 heterocycles. The van der Waals surface area contributed by atoms with E-state index >= 15 is 0 Å². The number of nitriles is 1. The third-order valence-electron chi connectivity index (χ3n) is 4.97. The second kappa shape index (κ2) is 8.82. The van der Waals surface area contributed by atoms with E-state index in [0.717, 1.165) is 6.07 Å². The minimum absolute atomic E-state index is 0.0137. The van der Waals surface area contributed by atoms with Crippen molar-refractivity contribution in [2.75, 3.05) is 0 Å². The molecule has 164 valence electrons. The number of esters is 1. The molecule has 0 amide bonds. The van der Waals surface area contributed by atoms with E-state index in [4.69, 9.17) is 38.4 Å². The molecule has 0 bridgehead atoms. The van der Waals surface area contributed by atoms with Crippen molar-refractivity contribution in [2.24, 2.45) is 5.73 Å². The summed E-state index contributed by atoms with van der Waals surface area (Å²) in [5, 5.41) is 21.4. The third kappa shape index (κ3) is 4.32. The number of benzene rings is 3. The van der Waals surface area contributed by atoms with Gasteiger partial charge in [-0.15, -0.1) is 0 Å². The SMILES string of the molecule is N#CC1=C(N)Oc2cc(OC(=O)c3cccc([N+](=O)[O-])c3)ccc2C1c1ccc(Cl)cc1Cl. The number of non-ortho nitro benzene ring substituents is 1. The number of nitro groups is 1. The molecule has 0 radical (unpaired) electrons. The van der Waals surface area contributed by atoms with Crippen LogP contribution in [0.25, 0.3) is 0 Å². The van der Waals surface area contributed by atoms with Crippen molar-refractivity contribution in [3.05, 3.63) is 109 Å². The molecular formula is C23H13Cl2N3O5. The molecule has 0 fully saturated rings. The first-order valence-corrected chi connectivity index (χ1v) is 10.2. The molecule has 3 aromatic rings. The first-order chi connectivity index (χ1) is 15.8. The molecule has 10 heteroatoms. The average molecular weight is 482 g/mol. The van der Waals surface area contributed by atoms with Crippen LogP contribution in [0.5, 0.6) is 11.5 Å². The smallest absolute Gasteiger partial charge is 0.343 e. The van der Waals surface area contributed by atoms with Gasteiger partial charge in [-0.25, -0.2) is 4.79 Å². The summed E-state index contributed by atoms with van der Waals surface area (Å²) in [6.07, 6.45) is 0. The van der Waals surface area contributed by atoms with Gasteiger partial charge in [0, 0.05) is 33.8 Å². The number of nitrogens with two attached hydrogens (primary N) is 1. The Balaban J connectivity index is 1.70. The Morgan fingerprint density at radius 2 is 1.88 bits per heavy atom. The maximum atomic E-state index is 12.5. The van der Waals surface area contributed by atoms with Crippen LogP contribution < -0.4 is 15.2 Å². The van der Waals surface area contributed by atoms with Gasteiger partial charge in [0.05, 0.1) is 16.4 Å². The number of nitro benzene ring substituents is 1. The zero-order valence-electron chi connectivity index (χ0n) is 16.6. The minimum Gasteiger partial charge on any atom is -0.440 e. The number of carbonyl (C=O) groups is 1. The van der Waals surface area contributed by atoms with Crippen molar-refractivity contribution >= 4 is 34.9 Å². The molecule has 8 nitrogen and oxygen atoms in total. The third-order valence-corrected chi connectivity index (χ3v) is 5.53. The summed E-state index contributed by atoms with van der Waals surface area (Å²) in [5.41, 5.74) is 7.13. The highest BCUT2D eigenvalue weighted by atomic mass is 35.5. The topological polar surface area (TPSA) is 128 Å². The summed E-state index contributed by atoms with van der Waals surface area (Å²) in [6, 6.07) is 16.8. The van der Waals surface area contributed by atoms with Crippen molar-refractivity contribution < 1.29 is 19.2 Å². The van der Waals surface area contributed by atoms with Gasteiger partial charge >= 0.3 is 5.97 Å². The molecule has 0 aliphatic carbocycles. The monoisotopic (exact) mass is 481 g/mol. The second-order valence-electron chi connectivity index (χ2n) is 6.99. The highest BCUT2D eigenvalue weighted by molar-refractivity contribution is 6.35. The van der Waals surface area contributed by atoms with Gasteiger partial charge in [-0.3, -0.25) is 10.1 Å². The standard InChI is InChI=1S/C23H13Cl2N3O5/c24-13-4-6-16(19(25)9-13)21-17-7-5-15(10-20(17)33-22(27)18(21)11-26)32-23(29)12-2-1-3-14(8-12)28(30)31/h1-10,21H,27H2. The number of allylic oxidation sites excluding steroid dienone is 1. The lowest BCUT2D eigenvalue weighted by molar-refractivity contribution is -0.384.